The van der Waals surface area contributed by atoms with Crippen LogP contribution in [0.15, 0.2) is 0 Å². The van der Waals surface area contributed by atoms with Crippen LogP contribution in [0.25, 0.3) is 0 Å². The van der Waals surface area contributed by atoms with Gasteiger partial charge < -0.3 is 15.5 Å². The minimum absolute atomic E-state index is 0. The van der Waals surface area contributed by atoms with E-state index in [4.69, 9.17) is 0 Å². The van der Waals surface area contributed by atoms with Crippen LogP contribution in [0.2, 0.25) is 0 Å². The van der Waals surface area contributed by atoms with Crippen molar-refractivity contribution in [3.63, 3.8) is 0 Å². The number of amides is 1. The SMILES string of the molecule is CNCCCC(=O)NCC(CC(C)C)N(C)C.Cl.Cl. The smallest absolute Gasteiger partial charge is 0.220 e. The molecule has 0 bridgehead atoms. The van der Waals surface area contributed by atoms with Gasteiger partial charge in [-0.15, -0.1) is 24.8 Å². The molecule has 0 aromatic rings. The quantitative estimate of drug-likeness (QED) is 0.639. The van der Waals surface area contributed by atoms with E-state index in [0.29, 0.717) is 18.4 Å². The molecule has 4 nitrogen and oxygen atoms in total. The third kappa shape index (κ3) is 14.2. The van der Waals surface area contributed by atoms with Gasteiger partial charge >= 0.3 is 0 Å². The lowest BCUT2D eigenvalue weighted by molar-refractivity contribution is -0.121. The lowest BCUT2D eigenvalue weighted by Crippen LogP contribution is -2.41. The van der Waals surface area contributed by atoms with Crippen LogP contribution in [0.1, 0.15) is 33.1 Å². The maximum absolute atomic E-state index is 11.6. The molecule has 0 saturated heterocycles. The topological polar surface area (TPSA) is 44.4 Å². The van der Waals surface area contributed by atoms with Gasteiger partial charge in [-0.2, -0.15) is 0 Å². The summed E-state index contributed by atoms with van der Waals surface area (Å²) in [7, 11) is 6.04. The molecular formula is C13H31Cl2N3O. The zero-order valence-electron chi connectivity index (χ0n) is 12.9. The van der Waals surface area contributed by atoms with E-state index < -0.39 is 0 Å². The standard InChI is InChI=1S/C13H29N3O.2ClH/c1-11(2)9-12(16(4)5)10-15-13(17)7-6-8-14-3;;/h11-12,14H,6-10H2,1-5H3,(H,15,17);2*1H. The fourth-order valence-corrected chi connectivity index (χ4v) is 1.77. The van der Waals surface area contributed by atoms with E-state index in [-0.39, 0.29) is 30.7 Å². The molecule has 19 heavy (non-hydrogen) atoms. The largest absolute Gasteiger partial charge is 0.355 e. The Morgan fingerprint density at radius 2 is 1.79 bits per heavy atom. The highest BCUT2D eigenvalue weighted by Gasteiger charge is 2.14. The molecule has 0 saturated carbocycles. The molecule has 0 radical (unpaired) electrons. The van der Waals surface area contributed by atoms with Gasteiger partial charge in [-0.25, -0.2) is 0 Å². The normalized spacial score (nSPS) is 11.7. The Bertz CT molecular complexity index is 214. The second-order valence-electron chi connectivity index (χ2n) is 5.26. The van der Waals surface area contributed by atoms with Crippen LogP contribution in [0.5, 0.6) is 0 Å². The third-order valence-electron chi connectivity index (χ3n) is 2.84. The van der Waals surface area contributed by atoms with Crippen LogP contribution in [0.3, 0.4) is 0 Å². The summed E-state index contributed by atoms with van der Waals surface area (Å²) in [6.45, 7) is 6.08. The van der Waals surface area contributed by atoms with Crippen molar-refractivity contribution in [2.45, 2.75) is 39.2 Å². The molecule has 0 aromatic carbocycles. The van der Waals surface area contributed by atoms with Crippen molar-refractivity contribution in [2.75, 3.05) is 34.2 Å². The molecule has 0 fully saturated rings. The molecule has 6 heteroatoms. The monoisotopic (exact) mass is 315 g/mol. The number of halogens is 2. The molecule has 0 rings (SSSR count). The first-order valence-corrected chi connectivity index (χ1v) is 6.55. The molecule has 2 N–H and O–H groups in total. The predicted molar refractivity (Wildman–Crippen MR) is 87.6 cm³/mol. The van der Waals surface area contributed by atoms with Crippen molar-refractivity contribution < 1.29 is 4.79 Å². The van der Waals surface area contributed by atoms with Gasteiger partial charge in [0.25, 0.3) is 0 Å². The van der Waals surface area contributed by atoms with Crippen molar-refractivity contribution in [2.24, 2.45) is 5.92 Å². The minimum atomic E-state index is 0. The highest BCUT2D eigenvalue weighted by molar-refractivity contribution is 5.85. The van der Waals surface area contributed by atoms with Crippen molar-refractivity contribution in [3.8, 4) is 0 Å². The summed E-state index contributed by atoms with van der Waals surface area (Å²) in [4.78, 5) is 13.8. The van der Waals surface area contributed by atoms with Gasteiger partial charge in [0, 0.05) is 19.0 Å². The van der Waals surface area contributed by atoms with Crippen LogP contribution in [0.4, 0.5) is 0 Å². The van der Waals surface area contributed by atoms with Crippen LogP contribution >= 0.6 is 24.8 Å². The Kier molecular flexibility index (Phi) is 18.2. The van der Waals surface area contributed by atoms with Gasteiger partial charge in [0.05, 0.1) is 0 Å². The molecule has 0 aliphatic heterocycles. The number of carbonyl (C=O) groups excluding carboxylic acids is 1. The number of rotatable bonds is 9. The van der Waals surface area contributed by atoms with Gasteiger partial charge in [-0.3, -0.25) is 4.79 Å². The molecule has 1 atom stereocenters. The Morgan fingerprint density at radius 3 is 2.21 bits per heavy atom. The summed E-state index contributed by atoms with van der Waals surface area (Å²) in [6, 6.07) is 0.434. The molecule has 1 amide bonds. The average molecular weight is 316 g/mol. The Balaban J connectivity index is -0.00000128. The molecule has 0 aliphatic carbocycles. The molecule has 0 spiro atoms. The molecule has 118 valence electrons. The van der Waals surface area contributed by atoms with Crippen LogP contribution in [-0.2, 0) is 4.79 Å². The molecule has 0 aliphatic rings. The summed E-state index contributed by atoms with van der Waals surface area (Å²) in [5, 5.41) is 6.06. The summed E-state index contributed by atoms with van der Waals surface area (Å²) in [5.74, 6) is 0.819. The van der Waals surface area contributed by atoms with Crippen molar-refractivity contribution in [3.05, 3.63) is 0 Å². The van der Waals surface area contributed by atoms with E-state index in [1.165, 1.54) is 0 Å². The predicted octanol–water partition coefficient (Wildman–Crippen LogP) is 1.92. The van der Waals surface area contributed by atoms with Crippen LogP contribution in [-0.4, -0.2) is 51.1 Å². The van der Waals surface area contributed by atoms with Crippen LogP contribution < -0.4 is 10.6 Å². The van der Waals surface area contributed by atoms with Gasteiger partial charge in [-0.1, -0.05) is 13.8 Å². The van der Waals surface area contributed by atoms with E-state index in [9.17, 15) is 4.79 Å². The lowest BCUT2D eigenvalue weighted by atomic mass is 10.0. The fourth-order valence-electron chi connectivity index (χ4n) is 1.77. The Morgan fingerprint density at radius 1 is 1.21 bits per heavy atom. The van der Waals surface area contributed by atoms with E-state index >= 15 is 0 Å². The second-order valence-corrected chi connectivity index (χ2v) is 5.26. The molecule has 1 unspecified atom stereocenters. The maximum atomic E-state index is 11.6. The zero-order valence-corrected chi connectivity index (χ0v) is 14.5. The van der Waals surface area contributed by atoms with Gasteiger partial charge in [0.15, 0.2) is 0 Å². The van der Waals surface area contributed by atoms with Crippen molar-refractivity contribution in [1.82, 2.24) is 15.5 Å². The van der Waals surface area contributed by atoms with Gasteiger partial charge in [0.1, 0.15) is 0 Å². The number of nitrogens with zero attached hydrogens (tertiary/aromatic N) is 1. The Labute approximate surface area is 130 Å². The summed E-state index contributed by atoms with van der Waals surface area (Å²) in [6.07, 6.45) is 2.63. The number of nitrogens with one attached hydrogen (secondary N) is 2. The highest BCUT2D eigenvalue weighted by atomic mass is 35.5. The number of hydrogen-bond donors (Lipinski definition) is 2. The highest BCUT2D eigenvalue weighted by Crippen LogP contribution is 2.08. The number of carbonyl (C=O) groups is 1. The summed E-state index contributed by atoms with van der Waals surface area (Å²) < 4.78 is 0. The molecule has 0 heterocycles. The van der Waals surface area contributed by atoms with E-state index in [1.807, 2.05) is 7.05 Å². The maximum Gasteiger partial charge on any atom is 0.220 e. The average Bonchev–Trinajstić information content (AvgIpc) is 2.23. The number of likely N-dealkylation sites (N-methyl/N-ethyl adjacent to an activating group) is 1. The first-order valence-electron chi connectivity index (χ1n) is 6.55. The van der Waals surface area contributed by atoms with Crippen molar-refractivity contribution >= 4 is 30.7 Å². The summed E-state index contributed by atoms with van der Waals surface area (Å²) in [5.41, 5.74) is 0. The lowest BCUT2D eigenvalue weighted by Gasteiger charge is -2.26. The fraction of sp³-hybridized carbons (Fsp3) is 0.923. The van der Waals surface area contributed by atoms with Gasteiger partial charge in [0.2, 0.25) is 5.91 Å². The number of hydrogen-bond acceptors (Lipinski definition) is 3. The first kappa shape index (κ1) is 24.0. The van der Waals surface area contributed by atoms with Gasteiger partial charge in [-0.05, 0) is 46.4 Å². The van der Waals surface area contributed by atoms with Crippen LogP contribution in [0, 0.1) is 5.92 Å². The Hall–Kier alpha value is -0.0300. The minimum Gasteiger partial charge on any atom is -0.355 e. The molecular weight excluding hydrogens is 285 g/mol. The van der Waals surface area contributed by atoms with E-state index in [0.717, 1.165) is 25.9 Å². The van der Waals surface area contributed by atoms with Crippen molar-refractivity contribution in [1.29, 1.82) is 0 Å². The molecule has 0 aromatic heterocycles. The first-order chi connectivity index (χ1) is 7.97. The van der Waals surface area contributed by atoms with E-state index in [2.05, 4.69) is 43.5 Å². The zero-order chi connectivity index (χ0) is 13.3. The van der Waals surface area contributed by atoms with E-state index in [1.54, 1.807) is 0 Å². The second kappa shape index (κ2) is 14.4. The third-order valence-corrected chi connectivity index (χ3v) is 2.84. The summed E-state index contributed by atoms with van der Waals surface area (Å²) >= 11 is 0.